The molecule has 33 heavy (non-hydrogen) atoms. The molecule has 2 saturated carbocycles. The van der Waals surface area contributed by atoms with Gasteiger partial charge in [0.1, 0.15) is 0 Å². The van der Waals surface area contributed by atoms with E-state index in [0.29, 0.717) is 0 Å². The summed E-state index contributed by atoms with van der Waals surface area (Å²) < 4.78 is 0. The standard InChI is InChI=1S/C30H44O3/c1-25(2)22-10-11-30(7)23(28(22,5)17-21(32)24(25)33)9-8-19-20-16-26(3,18-31)12-13-27(20,4)14-15-29(19,30)6/h8-9,17,22-23,31-32H,10-16,18H2,1-7H3/t22-,23+,26-,27+,28-,29+,30+/m0/s1. The van der Waals surface area contributed by atoms with Crippen molar-refractivity contribution in [3.63, 3.8) is 0 Å². The van der Waals surface area contributed by atoms with E-state index in [9.17, 15) is 15.0 Å². The number of aliphatic hydroxyl groups excluding tert-OH is 2. The minimum Gasteiger partial charge on any atom is -0.505 e. The van der Waals surface area contributed by atoms with Crippen molar-refractivity contribution in [2.24, 2.45) is 44.3 Å². The van der Waals surface area contributed by atoms with E-state index >= 15 is 0 Å². The summed E-state index contributed by atoms with van der Waals surface area (Å²) >= 11 is 0. The van der Waals surface area contributed by atoms with Crippen LogP contribution in [0.1, 0.15) is 93.4 Å². The average Bonchev–Trinajstić information content (AvgIpc) is 2.74. The molecule has 0 aromatic heterocycles. The van der Waals surface area contributed by atoms with E-state index in [0.717, 1.165) is 25.7 Å². The minimum atomic E-state index is -0.542. The van der Waals surface area contributed by atoms with Crippen molar-refractivity contribution in [2.75, 3.05) is 6.61 Å². The number of carbonyl (C=O) groups excluding carboxylic acids is 1. The normalized spacial score (nSPS) is 50.7. The SMILES string of the molecule is CC1(C)C(=O)C(O)=C[C@]2(C)[C@H]3C=CC4=C5C[C@@](C)(CO)CC[C@]5(C)CC[C@@]4(C)[C@]3(C)CC[C@@H]12. The van der Waals surface area contributed by atoms with Crippen molar-refractivity contribution in [1.29, 1.82) is 0 Å². The summed E-state index contributed by atoms with van der Waals surface area (Å²) in [5.74, 6) is 0.383. The Bertz CT molecular complexity index is 1000. The fraction of sp³-hybridized carbons (Fsp3) is 0.767. The van der Waals surface area contributed by atoms with Crippen LogP contribution < -0.4 is 0 Å². The van der Waals surface area contributed by atoms with E-state index in [-0.39, 0.29) is 57.1 Å². The van der Waals surface area contributed by atoms with Gasteiger partial charge in [0, 0.05) is 17.4 Å². The summed E-state index contributed by atoms with van der Waals surface area (Å²) in [5, 5.41) is 20.9. The van der Waals surface area contributed by atoms with Crippen LogP contribution >= 0.6 is 0 Å². The van der Waals surface area contributed by atoms with Crippen LogP contribution in [-0.4, -0.2) is 22.6 Å². The predicted octanol–water partition coefficient (Wildman–Crippen LogP) is 6.93. The molecule has 0 saturated heterocycles. The molecule has 0 aliphatic heterocycles. The number of rotatable bonds is 1. The average molecular weight is 453 g/mol. The Morgan fingerprint density at radius 3 is 2.30 bits per heavy atom. The Morgan fingerprint density at radius 1 is 0.970 bits per heavy atom. The minimum absolute atomic E-state index is 0.0163. The molecule has 182 valence electrons. The van der Waals surface area contributed by atoms with Crippen molar-refractivity contribution >= 4 is 5.78 Å². The van der Waals surface area contributed by atoms with Gasteiger partial charge in [-0.2, -0.15) is 0 Å². The Labute approximate surface area is 200 Å². The lowest BCUT2D eigenvalue weighted by Gasteiger charge is -2.67. The van der Waals surface area contributed by atoms with Gasteiger partial charge in [-0.25, -0.2) is 0 Å². The highest BCUT2D eigenvalue weighted by Gasteiger charge is 2.66. The smallest absolute Gasteiger partial charge is 0.202 e. The number of Topliss-reactive ketones (excluding diaryl/α,β-unsaturated/α-hetero) is 1. The molecule has 5 rings (SSSR count). The Balaban J connectivity index is 1.69. The first kappa shape index (κ1) is 23.4. The molecule has 0 spiro atoms. The van der Waals surface area contributed by atoms with Crippen molar-refractivity contribution < 1.29 is 15.0 Å². The maximum atomic E-state index is 12.9. The lowest BCUT2D eigenvalue weighted by atomic mass is 9.36. The number of ketones is 1. The summed E-state index contributed by atoms with van der Waals surface area (Å²) in [6.45, 7) is 16.3. The number of carbonyl (C=O) groups is 1. The molecule has 7 atom stereocenters. The fourth-order valence-electron chi connectivity index (χ4n) is 9.38. The zero-order valence-corrected chi connectivity index (χ0v) is 21.8. The molecule has 0 aromatic carbocycles. The number of aliphatic hydroxyl groups is 2. The summed E-state index contributed by atoms with van der Waals surface area (Å²) in [5.41, 5.74) is 2.72. The van der Waals surface area contributed by atoms with Crippen LogP contribution in [0.4, 0.5) is 0 Å². The van der Waals surface area contributed by atoms with Gasteiger partial charge in [-0.1, -0.05) is 66.2 Å². The van der Waals surface area contributed by atoms with Gasteiger partial charge in [-0.15, -0.1) is 0 Å². The molecule has 2 N–H and O–H groups in total. The van der Waals surface area contributed by atoms with E-state index < -0.39 is 5.41 Å². The first-order chi connectivity index (χ1) is 15.2. The molecule has 0 aromatic rings. The van der Waals surface area contributed by atoms with Crippen molar-refractivity contribution in [2.45, 2.75) is 93.4 Å². The molecule has 3 heteroatoms. The van der Waals surface area contributed by atoms with Crippen molar-refractivity contribution in [1.82, 2.24) is 0 Å². The second-order valence-corrected chi connectivity index (χ2v) is 14.2. The maximum absolute atomic E-state index is 12.9. The molecule has 0 heterocycles. The molecule has 3 nitrogen and oxygen atoms in total. The second-order valence-electron chi connectivity index (χ2n) is 14.2. The van der Waals surface area contributed by atoms with Crippen LogP contribution in [0, 0.1) is 44.3 Å². The number of hydrogen-bond acceptors (Lipinski definition) is 3. The van der Waals surface area contributed by atoms with Gasteiger partial charge >= 0.3 is 0 Å². The van der Waals surface area contributed by atoms with Gasteiger partial charge < -0.3 is 10.2 Å². The highest BCUT2D eigenvalue weighted by Crippen LogP contribution is 2.73. The molecular weight excluding hydrogens is 408 g/mol. The zero-order valence-electron chi connectivity index (χ0n) is 21.8. The van der Waals surface area contributed by atoms with Crippen LogP contribution in [0.15, 0.2) is 35.1 Å². The van der Waals surface area contributed by atoms with E-state index in [4.69, 9.17) is 0 Å². The molecular formula is C30H44O3. The van der Waals surface area contributed by atoms with Gasteiger partial charge in [-0.3, -0.25) is 4.79 Å². The lowest BCUT2D eigenvalue weighted by Crippen LogP contribution is -2.61. The van der Waals surface area contributed by atoms with E-state index in [1.54, 1.807) is 5.57 Å². The van der Waals surface area contributed by atoms with Crippen LogP contribution in [-0.2, 0) is 4.79 Å². The first-order valence-electron chi connectivity index (χ1n) is 13.2. The molecule has 0 radical (unpaired) electrons. The van der Waals surface area contributed by atoms with Gasteiger partial charge in [-0.05, 0) is 90.1 Å². The van der Waals surface area contributed by atoms with Crippen LogP contribution in [0.2, 0.25) is 0 Å². The van der Waals surface area contributed by atoms with Crippen molar-refractivity contribution in [3.05, 3.63) is 35.1 Å². The zero-order chi connectivity index (χ0) is 24.2. The Hall–Kier alpha value is -1.35. The highest BCUT2D eigenvalue weighted by atomic mass is 16.3. The number of fused-ring (bicyclic) bond motifs is 6. The molecule has 0 bridgehead atoms. The van der Waals surface area contributed by atoms with Crippen molar-refractivity contribution in [3.8, 4) is 0 Å². The molecule has 2 fully saturated rings. The summed E-state index contributed by atoms with van der Waals surface area (Å²) in [7, 11) is 0. The van der Waals surface area contributed by atoms with Crippen LogP contribution in [0.5, 0.6) is 0 Å². The Kier molecular flexibility index (Phi) is 4.72. The fourth-order valence-corrected chi connectivity index (χ4v) is 9.38. The summed E-state index contributed by atoms with van der Waals surface area (Å²) in [4.78, 5) is 12.9. The predicted molar refractivity (Wildman–Crippen MR) is 133 cm³/mol. The third kappa shape index (κ3) is 2.75. The largest absolute Gasteiger partial charge is 0.505 e. The molecule has 5 aliphatic carbocycles. The first-order valence-corrected chi connectivity index (χ1v) is 13.2. The molecule has 0 amide bonds. The molecule has 5 aliphatic rings. The van der Waals surface area contributed by atoms with Gasteiger partial charge in [0.25, 0.3) is 0 Å². The summed E-state index contributed by atoms with van der Waals surface area (Å²) in [6.07, 6.45) is 14.6. The third-order valence-electron chi connectivity index (χ3n) is 12.0. The Morgan fingerprint density at radius 2 is 1.64 bits per heavy atom. The van der Waals surface area contributed by atoms with Gasteiger partial charge in [0.2, 0.25) is 5.78 Å². The lowest BCUT2D eigenvalue weighted by molar-refractivity contribution is -0.148. The highest BCUT2D eigenvalue weighted by molar-refractivity contribution is 5.98. The quantitative estimate of drug-likeness (QED) is 0.453. The number of hydrogen-bond donors (Lipinski definition) is 2. The number of allylic oxidation sites excluding steroid dienone is 6. The van der Waals surface area contributed by atoms with E-state index in [1.807, 2.05) is 19.9 Å². The second kappa shape index (κ2) is 6.65. The summed E-state index contributed by atoms with van der Waals surface area (Å²) in [6, 6.07) is 0. The van der Waals surface area contributed by atoms with E-state index in [2.05, 4.69) is 46.8 Å². The maximum Gasteiger partial charge on any atom is 0.202 e. The topological polar surface area (TPSA) is 57.5 Å². The molecule has 0 unspecified atom stereocenters. The van der Waals surface area contributed by atoms with Crippen LogP contribution in [0.25, 0.3) is 0 Å². The van der Waals surface area contributed by atoms with Gasteiger partial charge in [0.15, 0.2) is 5.76 Å². The van der Waals surface area contributed by atoms with E-state index in [1.165, 1.54) is 24.8 Å². The van der Waals surface area contributed by atoms with Gasteiger partial charge in [0.05, 0.1) is 0 Å². The monoisotopic (exact) mass is 452 g/mol. The third-order valence-corrected chi connectivity index (χ3v) is 12.0. The van der Waals surface area contributed by atoms with Crippen LogP contribution in [0.3, 0.4) is 0 Å².